The molecular formula is C15H25NO3. The molecule has 4 aliphatic rings. The van der Waals surface area contributed by atoms with Gasteiger partial charge >= 0.3 is 0 Å². The summed E-state index contributed by atoms with van der Waals surface area (Å²) in [6.07, 6.45) is 6.43. The van der Waals surface area contributed by atoms with Crippen molar-refractivity contribution in [3.63, 3.8) is 0 Å². The highest BCUT2D eigenvalue weighted by Gasteiger charge is 2.51. The molecule has 4 rings (SSSR count). The zero-order valence-corrected chi connectivity index (χ0v) is 11.5. The number of fused-ring (bicyclic) bond motifs is 1. The Morgan fingerprint density at radius 3 is 2.74 bits per heavy atom. The van der Waals surface area contributed by atoms with Crippen molar-refractivity contribution in [2.45, 2.75) is 56.5 Å². The lowest BCUT2D eigenvalue weighted by Crippen LogP contribution is -2.50. The number of rotatable bonds is 1. The molecule has 5 atom stereocenters. The quantitative estimate of drug-likeness (QED) is 0.751. The van der Waals surface area contributed by atoms with Gasteiger partial charge in [0, 0.05) is 24.8 Å². The van der Waals surface area contributed by atoms with Crippen molar-refractivity contribution in [1.29, 1.82) is 0 Å². The van der Waals surface area contributed by atoms with Gasteiger partial charge in [0.15, 0.2) is 5.79 Å². The minimum Gasteiger partial charge on any atom is -0.393 e. The van der Waals surface area contributed by atoms with E-state index in [1.807, 2.05) is 0 Å². The summed E-state index contributed by atoms with van der Waals surface area (Å²) in [5, 5.41) is 14.1. The number of hydrogen-bond acceptors (Lipinski definition) is 4. The van der Waals surface area contributed by atoms with Crippen molar-refractivity contribution < 1.29 is 14.6 Å². The van der Waals surface area contributed by atoms with Crippen molar-refractivity contribution in [3.8, 4) is 0 Å². The van der Waals surface area contributed by atoms with E-state index < -0.39 is 0 Å². The van der Waals surface area contributed by atoms with Crippen LogP contribution >= 0.6 is 0 Å². The lowest BCUT2D eigenvalue weighted by atomic mass is 9.74. The summed E-state index contributed by atoms with van der Waals surface area (Å²) < 4.78 is 11.7. The molecule has 0 aromatic heterocycles. The molecule has 4 heteroatoms. The van der Waals surface area contributed by atoms with Crippen LogP contribution < -0.4 is 5.32 Å². The van der Waals surface area contributed by atoms with Crippen molar-refractivity contribution in [2.24, 2.45) is 17.8 Å². The zero-order chi connectivity index (χ0) is 12.9. The number of hydrogen-bond donors (Lipinski definition) is 2. The van der Waals surface area contributed by atoms with Gasteiger partial charge in [-0.1, -0.05) is 6.42 Å². The predicted molar refractivity (Wildman–Crippen MR) is 70.6 cm³/mol. The van der Waals surface area contributed by atoms with Crippen molar-refractivity contribution in [2.75, 3.05) is 19.8 Å². The molecule has 1 spiro atoms. The van der Waals surface area contributed by atoms with Gasteiger partial charge in [-0.05, 0) is 37.6 Å². The second kappa shape index (κ2) is 4.69. The molecule has 0 bridgehead atoms. The Kier molecular flexibility index (Phi) is 3.10. The molecule has 0 amide bonds. The van der Waals surface area contributed by atoms with Gasteiger partial charge in [0.1, 0.15) is 0 Å². The monoisotopic (exact) mass is 267 g/mol. The summed E-state index contributed by atoms with van der Waals surface area (Å²) in [5.41, 5.74) is 0. The average Bonchev–Trinajstić information content (AvgIpc) is 3.10. The molecule has 2 heterocycles. The Morgan fingerprint density at radius 2 is 1.89 bits per heavy atom. The van der Waals surface area contributed by atoms with Crippen LogP contribution in [0.3, 0.4) is 0 Å². The first-order valence-corrected chi connectivity index (χ1v) is 7.97. The van der Waals surface area contributed by atoms with E-state index in [1.54, 1.807) is 0 Å². The number of nitrogens with one attached hydrogen (secondary N) is 1. The van der Waals surface area contributed by atoms with E-state index in [1.165, 1.54) is 19.3 Å². The van der Waals surface area contributed by atoms with E-state index in [0.29, 0.717) is 25.2 Å². The molecule has 108 valence electrons. The molecule has 4 fully saturated rings. The highest BCUT2D eigenvalue weighted by Crippen LogP contribution is 2.46. The van der Waals surface area contributed by atoms with E-state index in [4.69, 9.17) is 9.47 Å². The van der Waals surface area contributed by atoms with Gasteiger partial charge in [-0.25, -0.2) is 0 Å². The summed E-state index contributed by atoms with van der Waals surface area (Å²) in [5.74, 6) is 1.55. The Hall–Kier alpha value is -0.160. The highest BCUT2D eigenvalue weighted by atomic mass is 16.7. The first-order chi connectivity index (χ1) is 9.27. The van der Waals surface area contributed by atoms with Crippen LogP contribution in [0.4, 0.5) is 0 Å². The second-order valence-electron chi connectivity index (χ2n) is 6.87. The van der Waals surface area contributed by atoms with E-state index >= 15 is 0 Å². The Bertz CT molecular complexity index is 342. The molecule has 0 aromatic carbocycles. The third kappa shape index (κ3) is 2.04. The fourth-order valence-corrected chi connectivity index (χ4v) is 5.00. The van der Waals surface area contributed by atoms with Crippen LogP contribution in [0.1, 0.15) is 38.5 Å². The lowest BCUT2D eigenvalue weighted by Gasteiger charge is -2.42. The van der Waals surface area contributed by atoms with Gasteiger partial charge in [-0.2, -0.15) is 0 Å². The van der Waals surface area contributed by atoms with Crippen molar-refractivity contribution in [1.82, 2.24) is 5.32 Å². The second-order valence-corrected chi connectivity index (χ2v) is 6.87. The third-order valence-electron chi connectivity index (χ3n) is 5.93. The molecule has 5 unspecified atom stereocenters. The molecule has 2 aliphatic carbocycles. The van der Waals surface area contributed by atoms with Crippen molar-refractivity contribution in [3.05, 3.63) is 0 Å². The maximum absolute atomic E-state index is 10.4. The maximum Gasteiger partial charge on any atom is 0.169 e. The van der Waals surface area contributed by atoms with Gasteiger partial charge < -0.3 is 19.9 Å². The summed E-state index contributed by atoms with van der Waals surface area (Å²) in [7, 11) is 0. The molecule has 0 aromatic rings. The summed E-state index contributed by atoms with van der Waals surface area (Å²) in [6.45, 7) is 2.58. The predicted octanol–water partition coefficient (Wildman–Crippen LogP) is 1.28. The van der Waals surface area contributed by atoms with Crippen LogP contribution in [0.2, 0.25) is 0 Å². The van der Waals surface area contributed by atoms with Crippen LogP contribution in [0, 0.1) is 17.8 Å². The number of ether oxygens (including phenoxy) is 2. The number of aliphatic hydroxyl groups is 1. The molecule has 19 heavy (non-hydrogen) atoms. The smallest absolute Gasteiger partial charge is 0.169 e. The first-order valence-electron chi connectivity index (χ1n) is 7.97. The SMILES string of the molecule is OC1CCC2(CC1C1NCC3CCCC31)OCCO2. The summed E-state index contributed by atoms with van der Waals surface area (Å²) in [4.78, 5) is 0. The Morgan fingerprint density at radius 1 is 1.05 bits per heavy atom. The normalized spacial score (nSPS) is 48.8. The minimum absolute atomic E-state index is 0.185. The standard InChI is InChI=1S/C15H25NO3/c17-13-4-5-15(18-6-7-19-15)8-12(13)14-11-3-1-2-10(11)9-16-14/h10-14,16-17H,1-9H2. The zero-order valence-electron chi connectivity index (χ0n) is 11.5. The first kappa shape index (κ1) is 12.6. The van der Waals surface area contributed by atoms with E-state index in [2.05, 4.69) is 5.32 Å². The van der Waals surface area contributed by atoms with Gasteiger partial charge in [0.25, 0.3) is 0 Å². The van der Waals surface area contributed by atoms with Gasteiger partial charge in [0.05, 0.1) is 19.3 Å². The van der Waals surface area contributed by atoms with E-state index in [0.717, 1.165) is 37.6 Å². The Labute approximate surface area is 114 Å². The highest BCUT2D eigenvalue weighted by molar-refractivity contribution is 5.02. The van der Waals surface area contributed by atoms with E-state index in [-0.39, 0.29) is 11.9 Å². The van der Waals surface area contributed by atoms with Crippen LogP contribution in [-0.4, -0.2) is 42.8 Å². The number of aliphatic hydroxyl groups excluding tert-OH is 1. The summed E-state index contributed by atoms with van der Waals surface area (Å²) >= 11 is 0. The minimum atomic E-state index is -0.373. The van der Waals surface area contributed by atoms with Gasteiger partial charge in [0.2, 0.25) is 0 Å². The largest absolute Gasteiger partial charge is 0.393 e. The van der Waals surface area contributed by atoms with Crippen molar-refractivity contribution >= 4 is 0 Å². The fourth-order valence-electron chi connectivity index (χ4n) is 5.00. The van der Waals surface area contributed by atoms with Gasteiger partial charge in [-0.3, -0.25) is 0 Å². The third-order valence-corrected chi connectivity index (χ3v) is 5.93. The molecule has 2 saturated heterocycles. The maximum atomic E-state index is 10.4. The van der Waals surface area contributed by atoms with Gasteiger partial charge in [-0.15, -0.1) is 0 Å². The van der Waals surface area contributed by atoms with E-state index in [9.17, 15) is 5.11 Å². The van der Waals surface area contributed by atoms with Crippen LogP contribution in [0.25, 0.3) is 0 Å². The lowest BCUT2D eigenvalue weighted by molar-refractivity contribution is -0.205. The average molecular weight is 267 g/mol. The van der Waals surface area contributed by atoms with Crippen LogP contribution in [-0.2, 0) is 9.47 Å². The molecule has 2 aliphatic heterocycles. The topological polar surface area (TPSA) is 50.7 Å². The molecule has 0 radical (unpaired) electrons. The van der Waals surface area contributed by atoms with Crippen LogP contribution in [0.15, 0.2) is 0 Å². The Balaban J connectivity index is 1.52. The molecule has 4 nitrogen and oxygen atoms in total. The molecule has 2 saturated carbocycles. The fraction of sp³-hybridized carbons (Fsp3) is 1.00. The summed E-state index contributed by atoms with van der Waals surface area (Å²) in [6, 6.07) is 0.479. The molecular weight excluding hydrogens is 242 g/mol. The molecule has 2 N–H and O–H groups in total. The van der Waals surface area contributed by atoms with Crippen LogP contribution in [0.5, 0.6) is 0 Å².